The lowest BCUT2D eigenvalue weighted by molar-refractivity contribution is -0.125. The minimum atomic E-state index is -0.00302. The first kappa shape index (κ1) is 14.7. The van der Waals surface area contributed by atoms with Crippen molar-refractivity contribution < 1.29 is 13.9 Å². The molecule has 0 unspecified atom stereocenters. The summed E-state index contributed by atoms with van der Waals surface area (Å²) < 4.78 is 10.9. The van der Waals surface area contributed by atoms with Gasteiger partial charge in [0.1, 0.15) is 17.9 Å². The third-order valence-corrected chi connectivity index (χ3v) is 3.97. The van der Waals surface area contributed by atoms with E-state index in [-0.39, 0.29) is 12.5 Å². The van der Waals surface area contributed by atoms with Gasteiger partial charge in [-0.05, 0) is 36.4 Å². The van der Waals surface area contributed by atoms with Crippen molar-refractivity contribution in [3.8, 4) is 0 Å². The second kappa shape index (κ2) is 6.33. The molecule has 0 saturated carbocycles. The number of ether oxygens (including phenoxy) is 1. The number of furan rings is 1. The second-order valence-electron chi connectivity index (χ2n) is 5.60. The first-order valence-electron chi connectivity index (χ1n) is 7.85. The lowest BCUT2D eigenvalue weighted by atomic mass is 10.2. The smallest absolute Gasteiger partial charge is 0.253 e. The van der Waals surface area contributed by atoms with Gasteiger partial charge in [0.15, 0.2) is 5.58 Å². The number of rotatable bonds is 4. The summed E-state index contributed by atoms with van der Waals surface area (Å²) in [5.74, 6) is 0.827. The Labute approximate surface area is 139 Å². The minimum absolute atomic E-state index is 0.00302. The van der Waals surface area contributed by atoms with Gasteiger partial charge in [0, 0.05) is 30.2 Å². The van der Waals surface area contributed by atoms with Gasteiger partial charge in [-0.15, -0.1) is 0 Å². The number of nitrogens with zero attached hydrogens (tertiary/aromatic N) is 2. The Morgan fingerprint density at radius 3 is 2.88 bits per heavy atom. The second-order valence-corrected chi connectivity index (χ2v) is 5.60. The molecule has 1 aliphatic heterocycles. The molecule has 3 aromatic rings. The fourth-order valence-electron chi connectivity index (χ4n) is 2.75. The molecule has 1 amide bonds. The van der Waals surface area contributed by atoms with Crippen molar-refractivity contribution in [1.29, 1.82) is 0 Å². The molecular weight excluding hydrogens is 306 g/mol. The minimum Gasteiger partial charge on any atom is -0.457 e. The van der Waals surface area contributed by atoms with Gasteiger partial charge in [0.05, 0.1) is 13.2 Å². The summed E-state index contributed by atoms with van der Waals surface area (Å²) in [6, 6.07) is 13.5. The van der Waals surface area contributed by atoms with Crippen LogP contribution in [0.25, 0.3) is 11.1 Å². The van der Waals surface area contributed by atoms with Crippen molar-refractivity contribution >= 4 is 28.4 Å². The molecule has 1 N–H and O–H groups in total. The Morgan fingerprint density at radius 1 is 1.21 bits per heavy atom. The third kappa shape index (κ3) is 2.96. The lowest BCUT2D eigenvalue weighted by Crippen LogP contribution is -2.41. The largest absolute Gasteiger partial charge is 0.457 e. The predicted octanol–water partition coefficient (Wildman–Crippen LogP) is 2.80. The first-order chi connectivity index (χ1) is 11.8. The summed E-state index contributed by atoms with van der Waals surface area (Å²) in [6.07, 6.45) is 1.75. The first-order valence-corrected chi connectivity index (χ1v) is 7.85. The number of morpholine rings is 1. The number of aromatic nitrogens is 1. The highest BCUT2D eigenvalue weighted by Crippen LogP contribution is 2.21. The van der Waals surface area contributed by atoms with Crippen molar-refractivity contribution in [2.45, 2.75) is 6.54 Å². The quantitative estimate of drug-likeness (QED) is 0.799. The molecule has 0 atom stereocenters. The lowest BCUT2D eigenvalue weighted by Gasteiger charge is -2.26. The van der Waals surface area contributed by atoms with E-state index in [0.717, 1.165) is 28.2 Å². The summed E-state index contributed by atoms with van der Waals surface area (Å²) in [5, 5.41) is 3.31. The van der Waals surface area contributed by atoms with Crippen LogP contribution in [0.2, 0.25) is 0 Å². The molecule has 1 aliphatic rings. The highest BCUT2D eigenvalue weighted by atomic mass is 16.5. The van der Waals surface area contributed by atoms with Crippen molar-refractivity contribution in [1.82, 2.24) is 4.98 Å². The number of benzene rings is 1. The molecule has 0 spiro atoms. The molecule has 6 nitrogen and oxygen atoms in total. The highest BCUT2D eigenvalue weighted by molar-refractivity contribution is 5.95. The van der Waals surface area contributed by atoms with E-state index < -0.39 is 0 Å². The molecular formula is C18H17N3O3. The van der Waals surface area contributed by atoms with Gasteiger partial charge in [-0.1, -0.05) is 0 Å². The number of hydrogen-bond acceptors (Lipinski definition) is 5. The van der Waals surface area contributed by atoms with Crippen molar-refractivity contribution in [3.63, 3.8) is 0 Å². The molecule has 0 radical (unpaired) electrons. The Bertz CT molecular complexity index is 824. The summed E-state index contributed by atoms with van der Waals surface area (Å²) >= 11 is 0. The number of amides is 1. The monoisotopic (exact) mass is 323 g/mol. The maximum Gasteiger partial charge on any atom is 0.253 e. The maximum atomic E-state index is 11.8. The van der Waals surface area contributed by atoms with Crippen LogP contribution in [0.1, 0.15) is 5.76 Å². The number of carbonyl (C=O) groups excluding carboxylic acids is 1. The zero-order chi connectivity index (χ0) is 16.4. The molecule has 1 aromatic carbocycles. The van der Waals surface area contributed by atoms with Crippen LogP contribution in [0.3, 0.4) is 0 Å². The number of fused-ring (bicyclic) bond motifs is 1. The molecule has 122 valence electrons. The van der Waals surface area contributed by atoms with Crippen LogP contribution in [-0.2, 0) is 16.1 Å². The van der Waals surface area contributed by atoms with Crippen molar-refractivity contribution in [2.75, 3.05) is 30.0 Å². The van der Waals surface area contributed by atoms with E-state index in [4.69, 9.17) is 9.15 Å². The molecule has 4 rings (SSSR count). The molecule has 0 bridgehead atoms. The standard InChI is InChI=1S/C18H17N3O3/c22-18-12-23-9-8-21(18)14-5-3-13(4-6-14)20-11-15-10-16-17(24-15)2-1-7-19-16/h1-7,10,20H,8-9,11-12H2. The topological polar surface area (TPSA) is 67.6 Å². The molecule has 6 heteroatoms. The SMILES string of the molecule is O=C1COCCN1c1ccc(NCc2cc3ncccc3o2)cc1. The summed E-state index contributed by atoms with van der Waals surface area (Å²) in [5.41, 5.74) is 3.50. The fourth-order valence-corrected chi connectivity index (χ4v) is 2.75. The van der Waals surface area contributed by atoms with Gasteiger partial charge in [-0.2, -0.15) is 0 Å². The average Bonchev–Trinajstić information content (AvgIpc) is 3.04. The Kier molecular flexibility index (Phi) is 3.88. The summed E-state index contributed by atoms with van der Waals surface area (Å²) in [7, 11) is 0. The Balaban J connectivity index is 1.42. The number of hydrogen-bond donors (Lipinski definition) is 1. The third-order valence-electron chi connectivity index (χ3n) is 3.97. The molecule has 0 aliphatic carbocycles. The van der Waals surface area contributed by atoms with E-state index in [9.17, 15) is 4.79 Å². The zero-order valence-corrected chi connectivity index (χ0v) is 13.1. The van der Waals surface area contributed by atoms with Gasteiger partial charge >= 0.3 is 0 Å². The number of anilines is 2. The van der Waals surface area contributed by atoms with E-state index in [1.54, 1.807) is 11.1 Å². The number of nitrogens with one attached hydrogen (secondary N) is 1. The van der Waals surface area contributed by atoms with Gasteiger partial charge in [0.25, 0.3) is 5.91 Å². The zero-order valence-electron chi connectivity index (χ0n) is 13.1. The maximum absolute atomic E-state index is 11.8. The number of carbonyl (C=O) groups is 1. The normalized spacial score (nSPS) is 15.0. The van der Waals surface area contributed by atoms with E-state index in [2.05, 4.69) is 10.3 Å². The summed E-state index contributed by atoms with van der Waals surface area (Å²) in [4.78, 5) is 17.8. The van der Waals surface area contributed by atoms with Crippen LogP contribution in [0.15, 0.2) is 53.1 Å². The van der Waals surface area contributed by atoms with E-state index >= 15 is 0 Å². The van der Waals surface area contributed by atoms with Crippen LogP contribution < -0.4 is 10.2 Å². The van der Waals surface area contributed by atoms with Crippen LogP contribution in [-0.4, -0.2) is 30.6 Å². The van der Waals surface area contributed by atoms with Crippen LogP contribution in [0, 0.1) is 0 Å². The molecule has 2 aromatic heterocycles. The van der Waals surface area contributed by atoms with Crippen molar-refractivity contribution in [2.24, 2.45) is 0 Å². The molecule has 3 heterocycles. The predicted molar refractivity (Wildman–Crippen MR) is 90.9 cm³/mol. The average molecular weight is 323 g/mol. The number of pyridine rings is 1. The van der Waals surface area contributed by atoms with Gasteiger partial charge < -0.3 is 19.4 Å². The highest BCUT2D eigenvalue weighted by Gasteiger charge is 2.19. The van der Waals surface area contributed by atoms with Crippen molar-refractivity contribution in [3.05, 3.63) is 54.4 Å². The van der Waals surface area contributed by atoms with Gasteiger partial charge in [0.2, 0.25) is 0 Å². The Morgan fingerprint density at radius 2 is 2.08 bits per heavy atom. The summed E-state index contributed by atoms with van der Waals surface area (Å²) in [6.45, 7) is 1.90. The van der Waals surface area contributed by atoms with Crippen LogP contribution >= 0.6 is 0 Å². The van der Waals surface area contributed by atoms with E-state index in [1.165, 1.54) is 0 Å². The fraction of sp³-hybridized carbons (Fsp3) is 0.222. The van der Waals surface area contributed by atoms with Gasteiger partial charge in [-0.25, -0.2) is 0 Å². The molecule has 1 saturated heterocycles. The van der Waals surface area contributed by atoms with Gasteiger partial charge in [-0.3, -0.25) is 9.78 Å². The van der Waals surface area contributed by atoms with Crippen LogP contribution in [0.4, 0.5) is 11.4 Å². The van der Waals surface area contributed by atoms with E-state index in [1.807, 2.05) is 42.5 Å². The molecule has 24 heavy (non-hydrogen) atoms. The van der Waals surface area contributed by atoms with E-state index in [0.29, 0.717) is 19.7 Å². The Hall–Kier alpha value is -2.86. The molecule has 1 fully saturated rings. The van der Waals surface area contributed by atoms with Crippen LogP contribution in [0.5, 0.6) is 0 Å².